The monoisotopic (exact) mass is 427 g/mol. The number of halogens is 3. The average molecular weight is 427 g/mol. The number of hydrogen-bond donors (Lipinski definition) is 1. The number of hydrogen-bond acceptors (Lipinski definition) is 4. The second-order valence-electron chi connectivity index (χ2n) is 6.69. The van der Waals surface area contributed by atoms with Gasteiger partial charge in [-0.15, -0.1) is 13.2 Å². The lowest BCUT2D eigenvalue weighted by atomic mass is 10.1. The van der Waals surface area contributed by atoms with E-state index in [1.54, 1.807) is 12.3 Å². The summed E-state index contributed by atoms with van der Waals surface area (Å²) < 4.78 is 43.1. The SMILES string of the molecule is O=c1n(Cc2ccnc(-c3ccccc3)c2)cc(O)n1-c1ccc(OC(F)(F)F)cc1. The molecule has 0 fully saturated rings. The van der Waals surface area contributed by atoms with E-state index >= 15 is 0 Å². The molecule has 4 rings (SSSR count). The third-order valence-corrected chi connectivity index (χ3v) is 4.51. The predicted octanol–water partition coefficient (Wildman–Crippen LogP) is 4.35. The van der Waals surface area contributed by atoms with Crippen LogP contribution < -0.4 is 10.4 Å². The van der Waals surface area contributed by atoms with Gasteiger partial charge in [0, 0.05) is 11.8 Å². The molecule has 31 heavy (non-hydrogen) atoms. The van der Waals surface area contributed by atoms with Crippen LogP contribution in [-0.4, -0.2) is 25.6 Å². The highest BCUT2D eigenvalue weighted by Crippen LogP contribution is 2.25. The summed E-state index contributed by atoms with van der Waals surface area (Å²) in [5, 5.41) is 10.3. The molecule has 0 aliphatic rings. The molecule has 0 unspecified atom stereocenters. The van der Waals surface area contributed by atoms with Gasteiger partial charge < -0.3 is 9.84 Å². The van der Waals surface area contributed by atoms with Crippen LogP contribution in [0.3, 0.4) is 0 Å². The van der Waals surface area contributed by atoms with Gasteiger partial charge in [-0.2, -0.15) is 0 Å². The second-order valence-corrected chi connectivity index (χ2v) is 6.69. The van der Waals surface area contributed by atoms with Crippen molar-refractivity contribution >= 4 is 0 Å². The van der Waals surface area contributed by atoms with Crippen LogP contribution in [0.4, 0.5) is 13.2 Å². The highest BCUT2D eigenvalue weighted by atomic mass is 19.4. The largest absolute Gasteiger partial charge is 0.573 e. The predicted molar refractivity (Wildman–Crippen MR) is 107 cm³/mol. The summed E-state index contributed by atoms with van der Waals surface area (Å²) in [6, 6.07) is 17.8. The molecular formula is C22H16F3N3O3. The minimum atomic E-state index is -4.81. The summed E-state index contributed by atoms with van der Waals surface area (Å²) >= 11 is 0. The number of benzene rings is 2. The van der Waals surface area contributed by atoms with E-state index in [-0.39, 0.29) is 18.1 Å². The second kappa shape index (κ2) is 8.02. The van der Waals surface area contributed by atoms with Crippen molar-refractivity contribution in [1.29, 1.82) is 0 Å². The van der Waals surface area contributed by atoms with Gasteiger partial charge in [0.25, 0.3) is 0 Å². The Kier molecular flexibility index (Phi) is 5.24. The first-order valence-corrected chi connectivity index (χ1v) is 9.18. The zero-order chi connectivity index (χ0) is 22.0. The molecule has 0 bridgehead atoms. The number of ether oxygens (including phenoxy) is 1. The molecule has 2 aromatic carbocycles. The van der Waals surface area contributed by atoms with Crippen LogP contribution in [0.15, 0.2) is 83.9 Å². The molecule has 4 aromatic rings. The Balaban J connectivity index is 1.60. The first-order chi connectivity index (χ1) is 14.8. The Morgan fingerprint density at radius 2 is 1.71 bits per heavy atom. The van der Waals surface area contributed by atoms with Gasteiger partial charge >= 0.3 is 12.1 Å². The lowest BCUT2D eigenvalue weighted by molar-refractivity contribution is -0.274. The fourth-order valence-corrected chi connectivity index (χ4v) is 3.17. The molecule has 1 N–H and O–H groups in total. The molecule has 9 heteroatoms. The maximum Gasteiger partial charge on any atom is 0.573 e. The fourth-order valence-electron chi connectivity index (χ4n) is 3.17. The molecule has 2 aromatic heterocycles. The van der Waals surface area contributed by atoms with Crippen LogP contribution in [-0.2, 0) is 6.54 Å². The van der Waals surface area contributed by atoms with Gasteiger partial charge in [-0.05, 0) is 42.0 Å². The number of pyridine rings is 1. The smallest absolute Gasteiger partial charge is 0.493 e. The highest BCUT2D eigenvalue weighted by Gasteiger charge is 2.31. The van der Waals surface area contributed by atoms with E-state index in [2.05, 4.69) is 9.72 Å². The van der Waals surface area contributed by atoms with Crippen molar-refractivity contribution in [2.75, 3.05) is 0 Å². The molecule has 6 nitrogen and oxygen atoms in total. The maximum atomic E-state index is 12.8. The molecule has 0 amide bonds. The summed E-state index contributed by atoms with van der Waals surface area (Å²) in [6.07, 6.45) is -1.91. The zero-order valence-corrected chi connectivity index (χ0v) is 16.0. The van der Waals surface area contributed by atoms with E-state index in [1.165, 1.54) is 22.9 Å². The van der Waals surface area contributed by atoms with Crippen LogP contribution >= 0.6 is 0 Å². The fraction of sp³-hybridized carbons (Fsp3) is 0.0909. The van der Waals surface area contributed by atoms with Crippen LogP contribution in [0.2, 0.25) is 0 Å². The number of imidazole rings is 1. The lowest BCUT2D eigenvalue weighted by Gasteiger charge is -2.09. The van der Waals surface area contributed by atoms with Crippen LogP contribution in [0.1, 0.15) is 5.56 Å². The summed E-state index contributed by atoms with van der Waals surface area (Å²) in [5.74, 6) is -0.764. The Hall–Kier alpha value is -4.01. The highest BCUT2D eigenvalue weighted by molar-refractivity contribution is 5.59. The van der Waals surface area contributed by atoms with E-state index in [1.807, 2.05) is 36.4 Å². The van der Waals surface area contributed by atoms with Crippen molar-refractivity contribution < 1.29 is 23.0 Å². The van der Waals surface area contributed by atoms with Gasteiger partial charge in [0.2, 0.25) is 5.88 Å². The maximum absolute atomic E-state index is 12.8. The van der Waals surface area contributed by atoms with Gasteiger partial charge in [0.1, 0.15) is 5.75 Å². The van der Waals surface area contributed by atoms with Gasteiger partial charge in [-0.25, -0.2) is 9.36 Å². The zero-order valence-electron chi connectivity index (χ0n) is 16.0. The van der Waals surface area contributed by atoms with Crippen molar-refractivity contribution in [1.82, 2.24) is 14.1 Å². The van der Waals surface area contributed by atoms with Crippen LogP contribution in [0.25, 0.3) is 16.9 Å². The first-order valence-electron chi connectivity index (χ1n) is 9.18. The molecule has 0 saturated heterocycles. The standard InChI is InChI=1S/C22H16F3N3O3/c23-22(24,25)31-18-8-6-17(7-9-18)28-20(29)14-27(21(28)30)13-15-10-11-26-19(12-15)16-4-2-1-3-5-16/h1-12,14,29H,13H2. The quantitative estimate of drug-likeness (QED) is 0.514. The van der Waals surface area contributed by atoms with E-state index in [0.717, 1.165) is 33.5 Å². The van der Waals surface area contributed by atoms with Crippen molar-refractivity contribution in [3.05, 3.63) is 95.2 Å². The molecule has 0 aliphatic carbocycles. The number of rotatable bonds is 5. The number of aromatic nitrogens is 3. The number of aromatic hydroxyl groups is 1. The van der Waals surface area contributed by atoms with Gasteiger partial charge in [-0.3, -0.25) is 9.55 Å². The first kappa shape index (κ1) is 20.3. The van der Waals surface area contributed by atoms with Crippen molar-refractivity contribution in [2.45, 2.75) is 12.9 Å². The average Bonchev–Trinajstić information content (AvgIpc) is 3.01. The molecule has 0 aliphatic heterocycles. The molecule has 0 radical (unpaired) electrons. The van der Waals surface area contributed by atoms with Gasteiger partial charge in [0.05, 0.1) is 24.1 Å². The molecule has 0 saturated carbocycles. The molecular weight excluding hydrogens is 411 g/mol. The minimum Gasteiger partial charge on any atom is -0.493 e. The van der Waals surface area contributed by atoms with Gasteiger partial charge in [-0.1, -0.05) is 30.3 Å². The summed E-state index contributed by atoms with van der Waals surface area (Å²) in [5.41, 5.74) is 2.13. The molecule has 2 heterocycles. The van der Waals surface area contributed by atoms with Crippen LogP contribution in [0.5, 0.6) is 11.6 Å². The Bertz CT molecular complexity index is 1250. The summed E-state index contributed by atoms with van der Waals surface area (Å²) in [7, 11) is 0. The number of alkyl halides is 3. The molecule has 0 atom stereocenters. The van der Waals surface area contributed by atoms with Crippen molar-refractivity contribution in [3.63, 3.8) is 0 Å². The minimum absolute atomic E-state index is 0.178. The van der Waals surface area contributed by atoms with E-state index in [0.29, 0.717) is 0 Å². The Labute approximate surface area is 174 Å². The molecule has 0 spiro atoms. The molecule has 158 valence electrons. The Morgan fingerprint density at radius 1 is 1.00 bits per heavy atom. The Morgan fingerprint density at radius 3 is 2.39 bits per heavy atom. The topological polar surface area (TPSA) is 69.3 Å². The van der Waals surface area contributed by atoms with Gasteiger partial charge in [0.15, 0.2) is 0 Å². The van der Waals surface area contributed by atoms with Crippen molar-refractivity contribution in [2.24, 2.45) is 0 Å². The van der Waals surface area contributed by atoms with E-state index < -0.39 is 17.8 Å². The third-order valence-electron chi connectivity index (χ3n) is 4.51. The van der Waals surface area contributed by atoms with Crippen molar-refractivity contribution in [3.8, 4) is 28.6 Å². The van der Waals surface area contributed by atoms with E-state index in [4.69, 9.17) is 0 Å². The lowest BCUT2D eigenvalue weighted by Crippen LogP contribution is -2.23. The third kappa shape index (κ3) is 4.61. The van der Waals surface area contributed by atoms with E-state index in [9.17, 15) is 23.1 Å². The summed E-state index contributed by atoms with van der Waals surface area (Å²) in [6.45, 7) is 0.178. The number of nitrogens with zero attached hydrogens (tertiary/aromatic N) is 3. The van der Waals surface area contributed by atoms with Crippen LogP contribution in [0, 0.1) is 0 Å². The summed E-state index contributed by atoms with van der Waals surface area (Å²) in [4.78, 5) is 17.1. The normalized spacial score (nSPS) is 11.5.